The van der Waals surface area contributed by atoms with Crippen LogP contribution in [-0.2, 0) is 18.4 Å². The van der Waals surface area contributed by atoms with Crippen LogP contribution in [0.15, 0.2) is 24.3 Å². The van der Waals surface area contributed by atoms with Crippen LogP contribution in [0.2, 0.25) is 0 Å². The van der Waals surface area contributed by atoms with Gasteiger partial charge in [0, 0.05) is 13.0 Å². The fourth-order valence-electron chi connectivity index (χ4n) is 2.82. The first-order valence-corrected chi connectivity index (χ1v) is 8.36. The van der Waals surface area contributed by atoms with Crippen LogP contribution in [0.1, 0.15) is 49.1 Å². The zero-order chi connectivity index (χ0) is 16.6. The molecule has 3 rings (SSSR count). The van der Waals surface area contributed by atoms with Crippen LogP contribution in [0.3, 0.4) is 0 Å². The van der Waals surface area contributed by atoms with Gasteiger partial charge < -0.3 is 9.88 Å². The number of H-pyrrole nitrogens is 1. The number of carbonyl (C=O) groups excluding carboxylic acids is 1. The van der Waals surface area contributed by atoms with Crippen LogP contribution in [-0.4, -0.2) is 20.7 Å². The molecule has 1 aromatic carbocycles. The first kappa shape index (κ1) is 15.9. The maximum absolute atomic E-state index is 12.3. The zero-order valence-corrected chi connectivity index (χ0v) is 14.5. The summed E-state index contributed by atoms with van der Waals surface area (Å²) in [5, 5.41) is 9.78. The summed E-state index contributed by atoms with van der Waals surface area (Å²) in [4.78, 5) is 12.3. The first-order chi connectivity index (χ1) is 11.0. The Morgan fingerprint density at radius 1 is 1.43 bits per heavy atom. The van der Waals surface area contributed by atoms with Crippen molar-refractivity contribution in [3.63, 3.8) is 0 Å². The third kappa shape index (κ3) is 3.37. The minimum Gasteiger partial charge on any atom is -0.349 e. The largest absolute Gasteiger partial charge is 0.349 e. The quantitative estimate of drug-likeness (QED) is 0.828. The zero-order valence-electron chi connectivity index (χ0n) is 13.7. The molecule has 122 valence electrons. The Morgan fingerprint density at radius 2 is 2.13 bits per heavy atom. The molecule has 0 unspecified atom stereocenters. The van der Waals surface area contributed by atoms with Gasteiger partial charge in [0.1, 0.15) is 0 Å². The highest BCUT2D eigenvalue weighted by atomic mass is 32.1. The molecule has 1 aliphatic rings. The highest BCUT2D eigenvalue weighted by Gasteiger charge is 2.43. The lowest BCUT2D eigenvalue weighted by molar-refractivity contribution is -0.122. The van der Waals surface area contributed by atoms with Crippen molar-refractivity contribution >= 4 is 18.1 Å². The Morgan fingerprint density at radius 3 is 2.70 bits per heavy atom. The summed E-state index contributed by atoms with van der Waals surface area (Å²) in [5.74, 6) is 1.79. The Bertz CT molecular complexity index is 760. The van der Waals surface area contributed by atoms with E-state index >= 15 is 0 Å². The van der Waals surface area contributed by atoms with Crippen LogP contribution < -0.4 is 5.32 Å². The Hall–Kier alpha value is -1.95. The number of aromatic amines is 1. The number of nitrogens with zero attached hydrogens (tertiary/aromatic N) is 2. The molecule has 5 nitrogen and oxygen atoms in total. The van der Waals surface area contributed by atoms with Crippen molar-refractivity contribution in [2.45, 2.75) is 38.6 Å². The van der Waals surface area contributed by atoms with Crippen molar-refractivity contribution in [1.29, 1.82) is 0 Å². The summed E-state index contributed by atoms with van der Waals surface area (Å²) in [5.41, 5.74) is 2.59. The van der Waals surface area contributed by atoms with E-state index in [9.17, 15) is 4.79 Å². The van der Waals surface area contributed by atoms with Gasteiger partial charge in [-0.05, 0) is 41.6 Å². The molecule has 1 heterocycles. The van der Waals surface area contributed by atoms with Gasteiger partial charge in [-0.3, -0.25) is 9.89 Å². The van der Waals surface area contributed by atoms with Crippen molar-refractivity contribution in [2.24, 2.45) is 13.0 Å². The van der Waals surface area contributed by atoms with Crippen molar-refractivity contribution in [3.05, 3.63) is 46.0 Å². The second kappa shape index (κ2) is 6.28. The molecule has 2 aromatic rings. The minimum absolute atomic E-state index is 0.0760. The molecule has 0 saturated heterocycles. The number of amides is 1. The molecular weight excluding hydrogens is 308 g/mol. The molecule has 1 saturated carbocycles. The van der Waals surface area contributed by atoms with E-state index in [1.807, 2.05) is 7.05 Å². The second-order valence-electron chi connectivity index (χ2n) is 6.49. The number of carbonyl (C=O) groups is 1. The van der Waals surface area contributed by atoms with Crippen molar-refractivity contribution in [2.75, 3.05) is 0 Å². The summed E-state index contributed by atoms with van der Waals surface area (Å²) in [7, 11) is 1.84. The maximum atomic E-state index is 12.3. The molecular formula is C17H22N4OS. The summed E-state index contributed by atoms with van der Waals surface area (Å²) in [6, 6.07) is 8.65. The van der Waals surface area contributed by atoms with Gasteiger partial charge in [-0.15, -0.1) is 0 Å². The van der Waals surface area contributed by atoms with Crippen LogP contribution >= 0.6 is 12.2 Å². The molecule has 23 heavy (non-hydrogen) atoms. The molecule has 0 aliphatic heterocycles. The number of hydrogen-bond acceptors (Lipinski definition) is 3. The topological polar surface area (TPSA) is 62.7 Å². The average Bonchev–Trinajstić information content (AvgIpc) is 3.28. The highest BCUT2D eigenvalue weighted by Crippen LogP contribution is 2.47. The van der Waals surface area contributed by atoms with Crippen LogP contribution in [0, 0.1) is 10.7 Å². The lowest BCUT2D eigenvalue weighted by atomic mass is 10.00. The van der Waals surface area contributed by atoms with Gasteiger partial charge in [0.05, 0.1) is 6.54 Å². The van der Waals surface area contributed by atoms with Crippen molar-refractivity contribution in [3.8, 4) is 0 Å². The van der Waals surface area contributed by atoms with E-state index in [2.05, 4.69) is 53.6 Å². The van der Waals surface area contributed by atoms with E-state index < -0.39 is 0 Å². The number of rotatable bonds is 5. The molecule has 0 spiro atoms. The van der Waals surface area contributed by atoms with Crippen LogP contribution in [0.5, 0.6) is 0 Å². The van der Waals surface area contributed by atoms with E-state index in [0.29, 0.717) is 23.2 Å². The molecule has 0 radical (unpaired) electrons. The van der Waals surface area contributed by atoms with E-state index in [1.54, 1.807) is 4.57 Å². The van der Waals surface area contributed by atoms with E-state index in [1.165, 1.54) is 11.1 Å². The summed E-state index contributed by atoms with van der Waals surface area (Å²) >= 11 is 5.06. The Labute approximate surface area is 141 Å². The highest BCUT2D eigenvalue weighted by molar-refractivity contribution is 7.71. The molecule has 1 aromatic heterocycles. The third-order valence-electron chi connectivity index (χ3n) is 4.55. The predicted molar refractivity (Wildman–Crippen MR) is 91.6 cm³/mol. The SMILES string of the molecule is CC(C)c1ccc([C@H]2C[C@@H]2C(=O)NCc2n[nH]c(=S)n2C)cc1. The molecule has 6 heteroatoms. The monoisotopic (exact) mass is 330 g/mol. The summed E-state index contributed by atoms with van der Waals surface area (Å²) in [6.07, 6.45) is 0.922. The fourth-order valence-corrected chi connectivity index (χ4v) is 2.97. The van der Waals surface area contributed by atoms with E-state index in [4.69, 9.17) is 12.2 Å². The molecule has 1 amide bonds. The lowest BCUT2D eigenvalue weighted by Gasteiger charge is -2.07. The van der Waals surface area contributed by atoms with Gasteiger partial charge in [-0.2, -0.15) is 5.10 Å². The van der Waals surface area contributed by atoms with Gasteiger partial charge in [0.2, 0.25) is 5.91 Å². The average molecular weight is 330 g/mol. The normalized spacial score (nSPS) is 19.8. The number of hydrogen-bond donors (Lipinski definition) is 2. The number of nitrogens with one attached hydrogen (secondary N) is 2. The van der Waals surface area contributed by atoms with Crippen LogP contribution in [0.25, 0.3) is 0 Å². The maximum Gasteiger partial charge on any atom is 0.224 e. The van der Waals surface area contributed by atoms with Gasteiger partial charge in [-0.25, -0.2) is 0 Å². The summed E-state index contributed by atoms with van der Waals surface area (Å²) in [6.45, 7) is 4.77. The molecule has 2 N–H and O–H groups in total. The second-order valence-corrected chi connectivity index (χ2v) is 6.88. The lowest BCUT2D eigenvalue weighted by Crippen LogP contribution is -2.26. The molecule has 2 atom stereocenters. The van der Waals surface area contributed by atoms with Gasteiger partial charge in [-0.1, -0.05) is 38.1 Å². The van der Waals surface area contributed by atoms with Gasteiger partial charge in [0.25, 0.3) is 0 Å². The number of benzene rings is 1. The Kier molecular flexibility index (Phi) is 4.35. The smallest absolute Gasteiger partial charge is 0.224 e. The summed E-state index contributed by atoms with van der Waals surface area (Å²) < 4.78 is 2.33. The third-order valence-corrected chi connectivity index (χ3v) is 4.92. The molecule has 1 fully saturated rings. The number of aromatic nitrogens is 3. The van der Waals surface area contributed by atoms with Crippen LogP contribution in [0.4, 0.5) is 0 Å². The van der Waals surface area contributed by atoms with E-state index in [0.717, 1.165) is 12.2 Å². The first-order valence-electron chi connectivity index (χ1n) is 7.95. The van der Waals surface area contributed by atoms with Crippen molar-refractivity contribution < 1.29 is 4.79 Å². The predicted octanol–water partition coefficient (Wildman–Crippen LogP) is 3.02. The minimum atomic E-state index is 0.0760. The molecule has 0 bridgehead atoms. The fraction of sp³-hybridized carbons (Fsp3) is 0.471. The standard InChI is InChI=1S/C17H22N4OS/c1-10(2)11-4-6-12(7-5-11)13-8-14(13)16(22)18-9-15-19-20-17(23)21(15)3/h4-7,10,13-14H,8-9H2,1-3H3,(H,18,22)(H,20,23)/t13-,14+/m1/s1. The molecule has 1 aliphatic carbocycles. The van der Waals surface area contributed by atoms with Gasteiger partial charge in [0.15, 0.2) is 10.6 Å². The van der Waals surface area contributed by atoms with Crippen molar-refractivity contribution in [1.82, 2.24) is 20.1 Å². The van der Waals surface area contributed by atoms with Gasteiger partial charge >= 0.3 is 0 Å². The Balaban J connectivity index is 1.56. The van der Waals surface area contributed by atoms with E-state index in [-0.39, 0.29) is 11.8 Å².